The predicted octanol–water partition coefficient (Wildman–Crippen LogP) is 0.975. The van der Waals surface area contributed by atoms with E-state index in [0.29, 0.717) is 6.04 Å². The number of rotatable bonds is 3. The molecule has 1 amide bonds. The van der Waals surface area contributed by atoms with Crippen molar-refractivity contribution in [3.05, 3.63) is 0 Å². The first-order valence-electron chi connectivity index (χ1n) is 7.48. The summed E-state index contributed by atoms with van der Waals surface area (Å²) < 4.78 is 0. The van der Waals surface area contributed by atoms with E-state index in [1.807, 2.05) is 6.92 Å². The van der Waals surface area contributed by atoms with Crippen molar-refractivity contribution < 1.29 is 4.79 Å². The first-order chi connectivity index (χ1) is 8.74. The first kappa shape index (κ1) is 13.8. The lowest BCUT2D eigenvalue weighted by molar-refractivity contribution is -0.129. The standard InChI is InChI=1S/C14H27N3O/c1-3-16-14(18)13-10-15-8-9-17(13)12-7-5-4-6-11(12)2/h11-13,15H,3-10H2,1-2H3,(H,16,18). The second-order valence-corrected chi connectivity index (χ2v) is 5.68. The monoisotopic (exact) mass is 253 g/mol. The van der Waals surface area contributed by atoms with Gasteiger partial charge in [0.25, 0.3) is 0 Å². The lowest BCUT2D eigenvalue weighted by Gasteiger charge is -2.44. The van der Waals surface area contributed by atoms with E-state index in [1.165, 1.54) is 25.7 Å². The van der Waals surface area contributed by atoms with Gasteiger partial charge in [0.05, 0.1) is 0 Å². The van der Waals surface area contributed by atoms with Gasteiger partial charge in [-0.3, -0.25) is 9.69 Å². The quantitative estimate of drug-likeness (QED) is 0.788. The first-order valence-corrected chi connectivity index (χ1v) is 7.48. The fraction of sp³-hybridized carbons (Fsp3) is 0.929. The maximum atomic E-state index is 12.2. The molecule has 1 saturated heterocycles. The number of piperazine rings is 1. The molecule has 0 radical (unpaired) electrons. The Morgan fingerprint density at radius 3 is 2.89 bits per heavy atom. The maximum Gasteiger partial charge on any atom is 0.238 e. The molecule has 0 bridgehead atoms. The van der Waals surface area contributed by atoms with Crippen LogP contribution < -0.4 is 10.6 Å². The normalized spacial score (nSPS) is 34.2. The molecule has 1 aliphatic heterocycles. The van der Waals surface area contributed by atoms with Gasteiger partial charge in [-0.15, -0.1) is 0 Å². The van der Waals surface area contributed by atoms with E-state index >= 15 is 0 Å². The minimum atomic E-state index is 0.0317. The zero-order chi connectivity index (χ0) is 13.0. The SMILES string of the molecule is CCNC(=O)C1CNCCN1C1CCCCC1C. The molecule has 2 fully saturated rings. The summed E-state index contributed by atoms with van der Waals surface area (Å²) in [5.74, 6) is 0.927. The Morgan fingerprint density at radius 1 is 1.39 bits per heavy atom. The molecule has 2 aliphatic rings. The number of amides is 1. The Morgan fingerprint density at radius 2 is 2.17 bits per heavy atom. The van der Waals surface area contributed by atoms with Gasteiger partial charge in [0, 0.05) is 32.2 Å². The zero-order valence-corrected chi connectivity index (χ0v) is 11.7. The van der Waals surface area contributed by atoms with E-state index < -0.39 is 0 Å². The summed E-state index contributed by atoms with van der Waals surface area (Å²) in [5, 5.41) is 6.33. The lowest BCUT2D eigenvalue weighted by atomic mass is 9.84. The summed E-state index contributed by atoms with van der Waals surface area (Å²) in [6, 6.07) is 0.637. The highest BCUT2D eigenvalue weighted by atomic mass is 16.2. The number of nitrogens with one attached hydrogen (secondary N) is 2. The summed E-state index contributed by atoms with van der Waals surface area (Å²) in [6.07, 6.45) is 5.25. The summed E-state index contributed by atoms with van der Waals surface area (Å²) >= 11 is 0. The molecule has 18 heavy (non-hydrogen) atoms. The van der Waals surface area contributed by atoms with E-state index in [1.54, 1.807) is 0 Å². The topological polar surface area (TPSA) is 44.4 Å². The minimum Gasteiger partial charge on any atom is -0.355 e. The van der Waals surface area contributed by atoms with E-state index in [9.17, 15) is 4.79 Å². The van der Waals surface area contributed by atoms with E-state index in [4.69, 9.17) is 0 Å². The van der Waals surface area contributed by atoms with Crippen molar-refractivity contribution in [3.63, 3.8) is 0 Å². The van der Waals surface area contributed by atoms with E-state index in [-0.39, 0.29) is 11.9 Å². The Hall–Kier alpha value is -0.610. The van der Waals surface area contributed by atoms with Crippen LogP contribution in [0.5, 0.6) is 0 Å². The summed E-state index contributed by atoms with van der Waals surface area (Å²) in [6.45, 7) is 7.89. The van der Waals surface area contributed by atoms with E-state index in [0.717, 1.165) is 32.1 Å². The number of carbonyl (C=O) groups is 1. The molecule has 2 rings (SSSR count). The van der Waals surface area contributed by atoms with Gasteiger partial charge in [-0.25, -0.2) is 0 Å². The predicted molar refractivity (Wildman–Crippen MR) is 73.5 cm³/mol. The largest absolute Gasteiger partial charge is 0.355 e. The summed E-state index contributed by atoms with van der Waals surface area (Å²) in [7, 11) is 0. The van der Waals surface area contributed by atoms with Crippen molar-refractivity contribution in [2.24, 2.45) is 5.92 Å². The van der Waals surface area contributed by atoms with Gasteiger partial charge in [-0.05, 0) is 25.7 Å². The molecule has 3 unspecified atom stereocenters. The van der Waals surface area contributed by atoms with Crippen LogP contribution in [0.4, 0.5) is 0 Å². The third kappa shape index (κ3) is 3.04. The molecule has 1 heterocycles. The van der Waals surface area contributed by atoms with E-state index in [2.05, 4.69) is 22.5 Å². The molecule has 3 atom stereocenters. The van der Waals surface area contributed by atoms with Crippen LogP contribution in [0.25, 0.3) is 0 Å². The molecule has 2 N–H and O–H groups in total. The smallest absolute Gasteiger partial charge is 0.238 e. The van der Waals surface area contributed by atoms with Crippen molar-refractivity contribution in [2.45, 2.75) is 51.6 Å². The van der Waals surface area contributed by atoms with Crippen molar-refractivity contribution in [3.8, 4) is 0 Å². The van der Waals surface area contributed by atoms with Gasteiger partial charge in [-0.1, -0.05) is 19.8 Å². The number of likely N-dealkylation sites (N-methyl/N-ethyl adjacent to an activating group) is 1. The number of hydrogen-bond donors (Lipinski definition) is 2. The average molecular weight is 253 g/mol. The molecule has 4 nitrogen and oxygen atoms in total. The molecule has 104 valence electrons. The Labute approximate surface area is 110 Å². The second kappa shape index (κ2) is 6.53. The molecule has 1 saturated carbocycles. The number of nitrogens with zero attached hydrogens (tertiary/aromatic N) is 1. The minimum absolute atomic E-state index is 0.0317. The summed E-state index contributed by atoms with van der Waals surface area (Å²) in [4.78, 5) is 14.6. The summed E-state index contributed by atoms with van der Waals surface area (Å²) in [5.41, 5.74) is 0. The molecule has 1 aliphatic carbocycles. The highest BCUT2D eigenvalue weighted by Gasteiger charge is 2.36. The third-order valence-corrected chi connectivity index (χ3v) is 4.43. The Kier molecular flexibility index (Phi) is 5.01. The van der Waals surface area contributed by atoms with Crippen LogP contribution in [0.3, 0.4) is 0 Å². The molecule has 4 heteroatoms. The number of hydrogen-bond acceptors (Lipinski definition) is 3. The Bertz CT molecular complexity index is 282. The lowest BCUT2D eigenvalue weighted by Crippen LogP contribution is -2.62. The fourth-order valence-electron chi connectivity index (χ4n) is 3.44. The highest BCUT2D eigenvalue weighted by molar-refractivity contribution is 5.82. The van der Waals surface area contributed by atoms with Gasteiger partial charge in [0.1, 0.15) is 6.04 Å². The Balaban J connectivity index is 2.04. The molecular weight excluding hydrogens is 226 g/mol. The second-order valence-electron chi connectivity index (χ2n) is 5.68. The van der Waals surface area contributed by atoms with Crippen LogP contribution in [0, 0.1) is 5.92 Å². The highest BCUT2D eigenvalue weighted by Crippen LogP contribution is 2.29. The molecule has 0 aromatic heterocycles. The average Bonchev–Trinajstić information content (AvgIpc) is 2.40. The van der Waals surface area contributed by atoms with Crippen LogP contribution in [0.1, 0.15) is 39.5 Å². The maximum absolute atomic E-state index is 12.2. The molecule has 0 aromatic rings. The number of carbonyl (C=O) groups excluding carboxylic acids is 1. The van der Waals surface area contributed by atoms with Crippen LogP contribution in [0.15, 0.2) is 0 Å². The van der Waals surface area contributed by atoms with Gasteiger partial charge in [-0.2, -0.15) is 0 Å². The molecule has 0 spiro atoms. The van der Waals surface area contributed by atoms with Crippen LogP contribution in [0.2, 0.25) is 0 Å². The van der Waals surface area contributed by atoms with Crippen molar-refractivity contribution in [2.75, 3.05) is 26.2 Å². The zero-order valence-electron chi connectivity index (χ0n) is 11.7. The molecule has 0 aromatic carbocycles. The van der Waals surface area contributed by atoms with Crippen LogP contribution in [-0.4, -0.2) is 49.1 Å². The van der Waals surface area contributed by atoms with Crippen molar-refractivity contribution in [1.29, 1.82) is 0 Å². The van der Waals surface area contributed by atoms with Gasteiger partial charge >= 0.3 is 0 Å². The van der Waals surface area contributed by atoms with Gasteiger partial charge in [0.2, 0.25) is 5.91 Å². The fourth-order valence-corrected chi connectivity index (χ4v) is 3.44. The van der Waals surface area contributed by atoms with Crippen LogP contribution in [-0.2, 0) is 4.79 Å². The van der Waals surface area contributed by atoms with Crippen molar-refractivity contribution in [1.82, 2.24) is 15.5 Å². The van der Waals surface area contributed by atoms with Crippen molar-refractivity contribution >= 4 is 5.91 Å². The molecular formula is C14H27N3O. The van der Waals surface area contributed by atoms with Gasteiger partial charge in [0.15, 0.2) is 0 Å². The van der Waals surface area contributed by atoms with Crippen LogP contribution >= 0.6 is 0 Å². The van der Waals surface area contributed by atoms with Gasteiger partial charge < -0.3 is 10.6 Å². The third-order valence-electron chi connectivity index (χ3n) is 4.43.